The minimum absolute atomic E-state index is 0.00209. The Bertz CT molecular complexity index is 930. The summed E-state index contributed by atoms with van der Waals surface area (Å²) in [5, 5.41) is 0. The van der Waals surface area contributed by atoms with Crippen molar-refractivity contribution < 1.29 is 19.1 Å². The van der Waals surface area contributed by atoms with Crippen molar-refractivity contribution in [1.29, 1.82) is 0 Å². The van der Waals surface area contributed by atoms with Gasteiger partial charge in [-0.2, -0.15) is 0 Å². The maximum absolute atomic E-state index is 12.7. The molecule has 2 saturated heterocycles. The minimum atomic E-state index is -0.217. The Labute approximate surface area is 201 Å². The summed E-state index contributed by atoms with van der Waals surface area (Å²) in [7, 11) is 0. The normalized spacial score (nSPS) is 19.0. The van der Waals surface area contributed by atoms with Crippen LogP contribution in [0.1, 0.15) is 35.8 Å². The Hall–Kier alpha value is -3.13. The van der Waals surface area contributed by atoms with E-state index in [1.807, 2.05) is 36.1 Å². The number of piperazine rings is 1. The van der Waals surface area contributed by atoms with E-state index in [4.69, 9.17) is 9.47 Å². The lowest BCUT2D eigenvalue weighted by Gasteiger charge is -2.34. The lowest BCUT2D eigenvalue weighted by atomic mass is 9.98. The van der Waals surface area contributed by atoms with Gasteiger partial charge in [-0.1, -0.05) is 18.2 Å². The zero-order valence-corrected chi connectivity index (χ0v) is 19.9. The minimum Gasteiger partial charge on any atom is -0.493 e. The van der Waals surface area contributed by atoms with Gasteiger partial charge in [-0.25, -0.2) is 4.79 Å². The number of rotatable bonds is 7. The maximum Gasteiger partial charge on any atom is 0.409 e. The van der Waals surface area contributed by atoms with E-state index in [9.17, 15) is 9.59 Å². The van der Waals surface area contributed by atoms with E-state index in [2.05, 4.69) is 22.0 Å². The summed E-state index contributed by atoms with van der Waals surface area (Å²) in [6, 6.07) is 13.7. The van der Waals surface area contributed by atoms with Crippen LogP contribution in [0.4, 0.5) is 4.79 Å². The quantitative estimate of drug-likeness (QED) is 0.623. The molecule has 182 valence electrons. The third-order valence-corrected chi connectivity index (χ3v) is 6.40. The second kappa shape index (κ2) is 11.8. The number of amides is 2. The topological polar surface area (TPSA) is 75.2 Å². The van der Waals surface area contributed by atoms with Crippen molar-refractivity contribution in [1.82, 2.24) is 19.7 Å². The number of benzene rings is 1. The molecule has 3 heterocycles. The largest absolute Gasteiger partial charge is 0.493 e. The van der Waals surface area contributed by atoms with Gasteiger partial charge in [-0.3, -0.25) is 14.7 Å². The van der Waals surface area contributed by atoms with Crippen molar-refractivity contribution >= 4 is 12.0 Å². The highest BCUT2D eigenvalue weighted by Gasteiger charge is 2.26. The summed E-state index contributed by atoms with van der Waals surface area (Å²) < 4.78 is 11.1. The molecule has 2 aliphatic rings. The van der Waals surface area contributed by atoms with Gasteiger partial charge in [0.15, 0.2) is 0 Å². The van der Waals surface area contributed by atoms with Gasteiger partial charge >= 0.3 is 6.09 Å². The SMILES string of the molecule is CCOC(=O)N1CCN(Cc2ccc(OCC3CCCN(C(=O)c4ccccn4)C3)cc2)CC1. The maximum atomic E-state index is 12.7. The van der Waals surface area contributed by atoms with E-state index in [0.29, 0.717) is 44.5 Å². The monoisotopic (exact) mass is 466 g/mol. The molecule has 8 nitrogen and oxygen atoms in total. The van der Waals surface area contributed by atoms with Crippen LogP contribution in [0.15, 0.2) is 48.7 Å². The van der Waals surface area contributed by atoms with Crippen LogP contribution in [0.5, 0.6) is 5.75 Å². The molecule has 0 bridgehead atoms. The molecule has 1 aromatic carbocycles. The van der Waals surface area contributed by atoms with Gasteiger partial charge in [-0.15, -0.1) is 0 Å². The standard InChI is InChI=1S/C26H34N4O4/c1-2-33-26(32)29-16-14-28(15-17-29)18-21-8-10-23(11-9-21)34-20-22-6-5-13-30(19-22)25(31)24-7-3-4-12-27-24/h3-4,7-12,22H,2,5-6,13-20H2,1H3. The van der Waals surface area contributed by atoms with E-state index in [-0.39, 0.29) is 12.0 Å². The lowest BCUT2D eigenvalue weighted by molar-refractivity contribution is 0.0627. The van der Waals surface area contributed by atoms with Crippen molar-refractivity contribution in [3.8, 4) is 5.75 Å². The summed E-state index contributed by atoms with van der Waals surface area (Å²) in [5.74, 6) is 1.17. The number of ether oxygens (including phenoxy) is 2. The first-order valence-corrected chi connectivity index (χ1v) is 12.2. The van der Waals surface area contributed by atoms with Gasteiger partial charge in [0.05, 0.1) is 13.2 Å². The highest BCUT2D eigenvalue weighted by Crippen LogP contribution is 2.21. The fourth-order valence-corrected chi connectivity index (χ4v) is 4.50. The number of hydrogen-bond acceptors (Lipinski definition) is 6. The first-order chi connectivity index (χ1) is 16.6. The molecular formula is C26H34N4O4. The van der Waals surface area contributed by atoms with Crippen LogP contribution in [-0.4, -0.2) is 84.2 Å². The Kier molecular flexibility index (Phi) is 8.36. The number of carbonyl (C=O) groups is 2. The molecule has 0 radical (unpaired) electrons. The van der Waals surface area contributed by atoms with Crippen LogP contribution in [0, 0.1) is 5.92 Å². The molecule has 2 aliphatic heterocycles. The number of aromatic nitrogens is 1. The van der Waals surface area contributed by atoms with E-state index in [1.165, 1.54) is 5.56 Å². The van der Waals surface area contributed by atoms with Gasteiger partial charge in [0.25, 0.3) is 5.91 Å². The van der Waals surface area contributed by atoms with E-state index in [1.54, 1.807) is 17.2 Å². The number of likely N-dealkylation sites (tertiary alicyclic amines) is 1. The van der Waals surface area contributed by atoms with Crippen molar-refractivity contribution in [3.63, 3.8) is 0 Å². The Morgan fingerprint density at radius 1 is 1.00 bits per heavy atom. The number of carbonyl (C=O) groups excluding carboxylic acids is 2. The number of hydrogen-bond donors (Lipinski definition) is 0. The molecular weight excluding hydrogens is 432 g/mol. The molecule has 0 N–H and O–H groups in total. The van der Waals surface area contributed by atoms with Crippen LogP contribution in [-0.2, 0) is 11.3 Å². The predicted molar refractivity (Wildman–Crippen MR) is 129 cm³/mol. The Morgan fingerprint density at radius 3 is 2.50 bits per heavy atom. The van der Waals surface area contributed by atoms with Gasteiger partial charge in [0.1, 0.15) is 11.4 Å². The molecule has 0 spiro atoms. The molecule has 0 saturated carbocycles. The van der Waals surface area contributed by atoms with Crippen LogP contribution < -0.4 is 4.74 Å². The number of piperidine rings is 1. The molecule has 2 aromatic rings. The number of pyridine rings is 1. The summed E-state index contributed by atoms with van der Waals surface area (Å²) in [6.45, 7) is 8.23. The van der Waals surface area contributed by atoms with Crippen LogP contribution in [0.2, 0.25) is 0 Å². The highest BCUT2D eigenvalue weighted by atomic mass is 16.6. The smallest absolute Gasteiger partial charge is 0.409 e. The van der Waals surface area contributed by atoms with Crippen molar-refractivity contribution in [3.05, 3.63) is 59.9 Å². The second-order valence-corrected chi connectivity index (χ2v) is 8.89. The molecule has 2 fully saturated rings. The molecule has 8 heteroatoms. The first kappa shape index (κ1) is 24.0. The van der Waals surface area contributed by atoms with Crippen LogP contribution in [0.3, 0.4) is 0 Å². The third-order valence-electron chi connectivity index (χ3n) is 6.40. The zero-order valence-electron chi connectivity index (χ0n) is 19.9. The molecule has 2 amide bonds. The average molecular weight is 467 g/mol. The molecule has 1 atom stereocenters. The Morgan fingerprint density at radius 2 is 1.79 bits per heavy atom. The molecule has 0 aliphatic carbocycles. The van der Waals surface area contributed by atoms with Gasteiger partial charge < -0.3 is 19.3 Å². The van der Waals surface area contributed by atoms with E-state index < -0.39 is 0 Å². The lowest BCUT2D eigenvalue weighted by Crippen LogP contribution is -2.48. The summed E-state index contributed by atoms with van der Waals surface area (Å²) in [5.41, 5.74) is 1.73. The molecule has 1 aromatic heterocycles. The number of nitrogens with zero attached hydrogens (tertiary/aromatic N) is 4. The summed E-state index contributed by atoms with van der Waals surface area (Å²) in [4.78, 5) is 34.7. The van der Waals surface area contributed by atoms with Crippen molar-refractivity contribution in [2.24, 2.45) is 5.92 Å². The van der Waals surface area contributed by atoms with Crippen LogP contribution in [0.25, 0.3) is 0 Å². The molecule has 34 heavy (non-hydrogen) atoms. The molecule has 4 rings (SSSR count). The second-order valence-electron chi connectivity index (χ2n) is 8.89. The average Bonchev–Trinajstić information content (AvgIpc) is 2.89. The van der Waals surface area contributed by atoms with Gasteiger partial charge in [0.2, 0.25) is 0 Å². The van der Waals surface area contributed by atoms with Gasteiger partial charge in [-0.05, 0) is 49.6 Å². The van der Waals surface area contributed by atoms with E-state index in [0.717, 1.165) is 44.8 Å². The zero-order chi connectivity index (χ0) is 23.8. The third kappa shape index (κ3) is 6.47. The first-order valence-electron chi connectivity index (χ1n) is 12.2. The van der Waals surface area contributed by atoms with Crippen LogP contribution >= 0.6 is 0 Å². The fourth-order valence-electron chi connectivity index (χ4n) is 4.50. The van der Waals surface area contributed by atoms with Crippen molar-refractivity contribution in [2.45, 2.75) is 26.3 Å². The predicted octanol–water partition coefficient (Wildman–Crippen LogP) is 3.29. The molecule has 1 unspecified atom stereocenters. The summed E-state index contributed by atoms with van der Waals surface area (Å²) >= 11 is 0. The van der Waals surface area contributed by atoms with E-state index >= 15 is 0 Å². The highest BCUT2D eigenvalue weighted by molar-refractivity contribution is 5.92. The Balaban J connectivity index is 1.20. The van der Waals surface area contributed by atoms with Gasteiger partial charge in [0, 0.05) is 57.9 Å². The summed E-state index contributed by atoms with van der Waals surface area (Å²) in [6.07, 6.45) is 3.48. The fraction of sp³-hybridized carbons (Fsp3) is 0.500. The van der Waals surface area contributed by atoms with Crippen molar-refractivity contribution in [2.75, 3.05) is 52.5 Å².